The predicted molar refractivity (Wildman–Crippen MR) is 101 cm³/mol. The Morgan fingerprint density at radius 1 is 1.15 bits per heavy atom. The van der Waals surface area contributed by atoms with Gasteiger partial charge >= 0.3 is 0 Å². The number of anilines is 1. The summed E-state index contributed by atoms with van der Waals surface area (Å²) in [5.41, 5.74) is 4.31. The summed E-state index contributed by atoms with van der Waals surface area (Å²) in [6.45, 7) is 4.04. The Kier molecular flexibility index (Phi) is 4.21. The van der Waals surface area contributed by atoms with E-state index in [1.807, 2.05) is 26.0 Å². The van der Waals surface area contributed by atoms with Gasteiger partial charge in [0.1, 0.15) is 30.0 Å². The van der Waals surface area contributed by atoms with Crippen LogP contribution in [0.1, 0.15) is 21.6 Å². The fourth-order valence-electron chi connectivity index (χ4n) is 2.72. The van der Waals surface area contributed by atoms with Gasteiger partial charge in [-0.25, -0.2) is 15.0 Å². The smallest absolute Gasteiger partial charge is 0.274 e. The van der Waals surface area contributed by atoms with E-state index in [1.165, 1.54) is 6.33 Å². The maximum absolute atomic E-state index is 12.5. The molecule has 0 saturated carbocycles. The molecule has 0 atom stereocenters. The second kappa shape index (κ2) is 6.83. The van der Waals surface area contributed by atoms with Crippen molar-refractivity contribution in [1.82, 2.24) is 29.7 Å². The van der Waals surface area contributed by atoms with Crippen LogP contribution in [0.5, 0.6) is 0 Å². The maximum Gasteiger partial charge on any atom is 0.274 e. The van der Waals surface area contributed by atoms with Gasteiger partial charge in [0, 0.05) is 24.0 Å². The second-order valence-corrected chi connectivity index (χ2v) is 6.17. The molecule has 1 aromatic carbocycles. The number of H-pyrrole nitrogens is 1. The lowest BCUT2D eigenvalue weighted by atomic mass is 10.0. The van der Waals surface area contributed by atoms with Gasteiger partial charge in [-0.3, -0.25) is 14.5 Å². The highest BCUT2D eigenvalue weighted by atomic mass is 16.2. The number of carbonyl (C=O) groups is 1. The zero-order valence-electron chi connectivity index (χ0n) is 14.8. The van der Waals surface area contributed by atoms with E-state index in [0.29, 0.717) is 17.3 Å². The number of aryl methyl sites for hydroxylation is 2. The number of rotatable bonds is 4. The fraction of sp³-hybridized carbons (Fsp3) is 0.105. The number of hydrogen-bond acceptors (Lipinski definition) is 5. The molecule has 4 rings (SSSR count). The van der Waals surface area contributed by atoms with E-state index in [4.69, 9.17) is 0 Å². The molecule has 2 N–H and O–H groups in total. The van der Waals surface area contributed by atoms with Gasteiger partial charge in [-0.05, 0) is 31.5 Å². The van der Waals surface area contributed by atoms with Crippen LogP contribution in [0.2, 0.25) is 0 Å². The van der Waals surface area contributed by atoms with E-state index in [0.717, 1.165) is 22.4 Å². The van der Waals surface area contributed by atoms with Gasteiger partial charge in [0.15, 0.2) is 0 Å². The summed E-state index contributed by atoms with van der Waals surface area (Å²) < 4.78 is 1.73. The van der Waals surface area contributed by atoms with Crippen molar-refractivity contribution in [2.24, 2.45) is 0 Å². The molecule has 0 spiro atoms. The molecule has 0 radical (unpaired) electrons. The lowest BCUT2D eigenvalue weighted by molar-refractivity contribution is 0.102. The van der Waals surface area contributed by atoms with Gasteiger partial charge in [0.05, 0.1) is 5.69 Å². The largest absolute Gasteiger partial charge is 0.305 e. The highest BCUT2D eigenvalue weighted by molar-refractivity contribution is 6.03. The highest BCUT2D eigenvalue weighted by Gasteiger charge is 2.14. The molecular weight excluding hydrogens is 342 g/mol. The average Bonchev–Trinajstić information content (AvgIpc) is 3.36. The van der Waals surface area contributed by atoms with E-state index in [2.05, 4.69) is 36.5 Å². The monoisotopic (exact) mass is 359 g/mol. The summed E-state index contributed by atoms with van der Waals surface area (Å²) in [6.07, 6.45) is 6.43. The topological polar surface area (TPSA) is 101 Å². The molecule has 0 unspecified atom stereocenters. The number of hydrogen-bond donors (Lipinski definition) is 2. The van der Waals surface area contributed by atoms with Gasteiger partial charge in [0.2, 0.25) is 0 Å². The van der Waals surface area contributed by atoms with Crippen molar-refractivity contribution in [2.75, 3.05) is 5.32 Å². The van der Waals surface area contributed by atoms with Crippen molar-refractivity contribution >= 4 is 11.7 Å². The fourth-order valence-corrected chi connectivity index (χ4v) is 2.72. The van der Waals surface area contributed by atoms with E-state index in [-0.39, 0.29) is 5.91 Å². The van der Waals surface area contributed by atoms with Gasteiger partial charge in [-0.2, -0.15) is 5.10 Å². The first-order valence-electron chi connectivity index (χ1n) is 8.35. The lowest BCUT2D eigenvalue weighted by Gasteiger charge is -2.05. The maximum atomic E-state index is 12.5. The van der Waals surface area contributed by atoms with Gasteiger partial charge in [-0.1, -0.05) is 17.7 Å². The summed E-state index contributed by atoms with van der Waals surface area (Å²) >= 11 is 0. The van der Waals surface area contributed by atoms with Crippen LogP contribution in [0.4, 0.5) is 5.82 Å². The molecule has 0 bridgehead atoms. The lowest BCUT2D eigenvalue weighted by Crippen LogP contribution is -2.14. The molecule has 0 aliphatic heterocycles. The third-order valence-corrected chi connectivity index (χ3v) is 4.15. The Balaban J connectivity index is 1.55. The molecule has 8 nitrogen and oxygen atoms in total. The first kappa shape index (κ1) is 16.6. The third-order valence-electron chi connectivity index (χ3n) is 4.15. The second-order valence-electron chi connectivity index (χ2n) is 6.17. The van der Waals surface area contributed by atoms with E-state index in [9.17, 15) is 4.79 Å². The van der Waals surface area contributed by atoms with Crippen molar-refractivity contribution in [3.8, 4) is 17.1 Å². The standard InChI is InChI=1S/C19H17N7O/c1-12-3-4-13(2)14(7-12)15-8-16(25-24-15)19(27)23-17-9-18(22-10-21-17)26-6-5-20-11-26/h3-11H,1-2H3,(H,24,25)(H,21,22,23,27). The highest BCUT2D eigenvalue weighted by Crippen LogP contribution is 2.23. The first-order valence-corrected chi connectivity index (χ1v) is 8.35. The van der Waals surface area contributed by atoms with Crippen molar-refractivity contribution in [3.63, 3.8) is 0 Å². The van der Waals surface area contributed by atoms with Gasteiger partial charge in [-0.15, -0.1) is 0 Å². The Labute approximate surface area is 155 Å². The quantitative estimate of drug-likeness (QED) is 0.583. The van der Waals surface area contributed by atoms with E-state index < -0.39 is 0 Å². The predicted octanol–water partition coefficient (Wildman–Crippen LogP) is 2.92. The molecular formula is C19H17N7O. The van der Waals surface area contributed by atoms with Gasteiger partial charge in [0.25, 0.3) is 5.91 Å². The number of nitrogens with one attached hydrogen (secondary N) is 2. The average molecular weight is 359 g/mol. The molecule has 4 aromatic rings. The van der Waals surface area contributed by atoms with Crippen LogP contribution in [-0.4, -0.2) is 35.6 Å². The minimum Gasteiger partial charge on any atom is -0.305 e. The van der Waals surface area contributed by atoms with E-state index in [1.54, 1.807) is 35.4 Å². The Morgan fingerprint density at radius 2 is 2.04 bits per heavy atom. The van der Waals surface area contributed by atoms with Crippen LogP contribution in [0.15, 0.2) is 55.4 Å². The van der Waals surface area contributed by atoms with Crippen molar-refractivity contribution in [1.29, 1.82) is 0 Å². The molecule has 3 aromatic heterocycles. The molecule has 0 fully saturated rings. The summed E-state index contributed by atoms with van der Waals surface area (Å²) in [7, 11) is 0. The van der Waals surface area contributed by atoms with Crippen LogP contribution in [-0.2, 0) is 0 Å². The minimum absolute atomic E-state index is 0.325. The van der Waals surface area contributed by atoms with Crippen molar-refractivity contribution in [2.45, 2.75) is 13.8 Å². The van der Waals surface area contributed by atoms with Crippen LogP contribution in [0.25, 0.3) is 17.1 Å². The molecule has 8 heteroatoms. The van der Waals surface area contributed by atoms with Crippen LogP contribution in [0.3, 0.4) is 0 Å². The molecule has 1 amide bonds. The first-order chi connectivity index (χ1) is 13.1. The van der Waals surface area contributed by atoms with Gasteiger partial charge < -0.3 is 5.32 Å². The molecule has 0 aliphatic rings. The number of imidazole rings is 1. The summed E-state index contributed by atoms with van der Waals surface area (Å²) in [6, 6.07) is 9.54. The number of aromatic nitrogens is 6. The molecule has 0 saturated heterocycles. The van der Waals surface area contributed by atoms with Crippen LogP contribution in [0, 0.1) is 13.8 Å². The molecule has 3 heterocycles. The Morgan fingerprint density at radius 3 is 2.85 bits per heavy atom. The van der Waals surface area contributed by atoms with Crippen molar-refractivity contribution in [3.05, 3.63) is 72.2 Å². The zero-order valence-corrected chi connectivity index (χ0v) is 14.8. The van der Waals surface area contributed by atoms with Crippen LogP contribution >= 0.6 is 0 Å². The van der Waals surface area contributed by atoms with Crippen molar-refractivity contribution < 1.29 is 4.79 Å². The summed E-state index contributed by atoms with van der Waals surface area (Å²) in [4.78, 5) is 24.8. The Bertz CT molecular complexity index is 1100. The number of carbonyl (C=O) groups excluding carboxylic acids is 1. The zero-order chi connectivity index (χ0) is 18.8. The SMILES string of the molecule is Cc1ccc(C)c(-c2cc(C(=O)Nc3cc(-n4ccnc4)ncn3)[nH]n2)c1. The number of amides is 1. The summed E-state index contributed by atoms with van der Waals surface area (Å²) in [5.74, 6) is 0.675. The molecule has 0 aliphatic carbocycles. The van der Waals surface area contributed by atoms with Crippen LogP contribution < -0.4 is 5.32 Å². The number of benzene rings is 1. The molecule has 134 valence electrons. The minimum atomic E-state index is -0.325. The third kappa shape index (κ3) is 3.45. The molecule has 27 heavy (non-hydrogen) atoms. The Hall–Kier alpha value is -3.81. The summed E-state index contributed by atoms with van der Waals surface area (Å²) in [5, 5.41) is 9.83. The van der Waals surface area contributed by atoms with E-state index >= 15 is 0 Å². The normalized spacial score (nSPS) is 10.7. The number of nitrogens with zero attached hydrogens (tertiary/aromatic N) is 5. The number of aromatic amines is 1.